The van der Waals surface area contributed by atoms with E-state index in [1.807, 2.05) is 20.8 Å². The average molecular weight is 309 g/mol. The van der Waals surface area contributed by atoms with Crippen LogP contribution in [0.15, 0.2) is 18.2 Å². The van der Waals surface area contributed by atoms with Crippen LogP contribution in [0.5, 0.6) is 11.5 Å². The summed E-state index contributed by atoms with van der Waals surface area (Å²) in [6.07, 6.45) is -0.858. The van der Waals surface area contributed by atoms with Gasteiger partial charge in [-0.15, -0.1) is 0 Å². The third kappa shape index (κ3) is 3.18. The number of aliphatic hydroxyl groups is 1. The molecular formula is C16H23NO5. The van der Waals surface area contributed by atoms with Gasteiger partial charge in [-0.1, -0.05) is 0 Å². The van der Waals surface area contributed by atoms with E-state index in [0.717, 1.165) is 0 Å². The van der Waals surface area contributed by atoms with Crippen molar-refractivity contribution in [3.05, 3.63) is 23.8 Å². The normalized spacial score (nSPS) is 22.8. The molecule has 0 amide bonds. The number of rotatable bonds is 5. The highest BCUT2D eigenvalue weighted by Crippen LogP contribution is 2.43. The Morgan fingerprint density at radius 2 is 2.14 bits per heavy atom. The van der Waals surface area contributed by atoms with Gasteiger partial charge in [0, 0.05) is 5.56 Å². The predicted octanol–water partition coefficient (Wildman–Crippen LogP) is 1.67. The molecule has 0 fully saturated rings. The second kappa shape index (κ2) is 6.14. The van der Waals surface area contributed by atoms with Gasteiger partial charge in [0.15, 0.2) is 0 Å². The van der Waals surface area contributed by atoms with Gasteiger partial charge in [-0.05, 0) is 46.0 Å². The Morgan fingerprint density at radius 1 is 1.45 bits per heavy atom. The molecular weight excluding hydrogens is 286 g/mol. The van der Waals surface area contributed by atoms with Crippen molar-refractivity contribution in [2.75, 3.05) is 20.2 Å². The van der Waals surface area contributed by atoms with Crippen molar-refractivity contribution in [1.82, 2.24) is 4.90 Å². The highest BCUT2D eigenvalue weighted by Gasteiger charge is 2.45. The predicted molar refractivity (Wildman–Crippen MR) is 81.3 cm³/mol. The van der Waals surface area contributed by atoms with Crippen LogP contribution < -0.4 is 9.47 Å². The zero-order chi connectivity index (χ0) is 16.5. The van der Waals surface area contributed by atoms with Gasteiger partial charge in [0.05, 0.1) is 19.2 Å². The summed E-state index contributed by atoms with van der Waals surface area (Å²) in [6, 6.07) is 4.85. The Kier molecular flexibility index (Phi) is 4.63. The van der Waals surface area contributed by atoms with Gasteiger partial charge in [-0.3, -0.25) is 9.69 Å². The van der Waals surface area contributed by atoms with Gasteiger partial charge in [-0.2, -0.15) is 0 Å². The fourth-order valence-electron chi connectivity index (χ4n) is 3.08. The molecule has 1 heterocycles. The largest absolute Gasteiger partial charge is 0.494 e. The molecule has 1 aromatic rings. The molecule has 6 heteroatoms. The van der Waals surface area contributed by atoms with E-state index in [0.29, 0.717) is 23.7 Å². The number of carboxylic acids is 1. The van der Waals surface area contributed by atoms with Gasteiger partial charge < -0.3 is 19.7 Å². The lowest BCUT2D eigenvalue weighted by atomic mass is 9.85. The average Bonchev–Trinajstić information content (AvgIpc) is 2.38. The van der Waals surface area contributed by atoms with Crippen LogP contribution in [-0.2, 0) is 4.79 Å². The smallest absolute Gasteiger partial charge is 0.317 e. The van der Waals surface area contributed by atoms with Crippen LogP contribution in [0, 0.1) is 0 Å². The molecule has 1 aliphatic rings. The highest BCUT2D eigenvalue weighted by atomic mass is 16.5. The van der Waals surface area contributed by atoms with E-state index in [2.05, 4.69) is 0 Å². The Bertz CT molecular complexity index is 557. The number of carbonyl (C=O) groups is 1. The number of hydrogen-bond donors (Lipinski definition) is 2. The topological polar surface area (TPSA) is 79.2 Å². The monoisotopic (exact) mass is 309 g/mol. The van der Waals surface area contributed by atoms with Crippen molar-refractivity contribution in [2.45, 2.75) is 38.5 Å². The maximum absolute atomic E-state index is 11.0. The van der Waals surface area contributed by atoms with Crippen LogP contribution in [-0.4, -0.2) is 52.9 Å². The summed E-state index contributed by atoms with van der Waals surface area (Å²) in [5.41, 5.74) is -0.100. The summed E-state index contributed by atoms with van der Waals surface area (Å²) in [6.45, 7) is 5.94. The maximum atomic E-state index is 11.0. The molecule has 1 aromatic carbocycles. The number of aliphatic carboxylic acids is 1. The summed E-state index contributed by atoms with van der Waals surface area (Å²) in [5.74, 6) is 0.309. The Morgan fingerprint density at radius 3 is 2.73 bits per heavy atom. The Balaban J connectivity index is 2.37. The molecule has 0 aromatic heterocycles. The van der Waals surface area contributed by atoms with Crippen LogP contribution in [0.3, 0.4) is 0 Å². The summed E-state index contributed by atoms with van der Waals surface area (Å²) in [7, 11) is 1.67. The van der Waals surface area contributed by atoms with Crippen molar-refractivity contribution in [2.24, 2.45) is 0 Å². The first-order chi connectivity index (χ1) is 10.3. The molecule has 2 unspecified atom stereocenters. The van der Waals surface area contributed by atoms with Crippen LogP contribution in [0.4, 0.5) is 0 Å². The number of carboxylic acid groups (broad SMARTS) is 1. The summed E-state index contributed by atoms with van der Waals surface area (Å²) in [4.78, 5) is 12.6. The van der Waals surface area contributed by atoms with E-state index in [1.54, 1.807) is 30.1 Å². The number of aliphatic hydroxyl groups excluding tert-OH is 1. The van der Waals surface area contributed by atoms with Gasteiger partial charge in [0.2, 0.25) is 0 Å². The molecule has 122 valence electrons. The molecule has 22 heavy (non-hydrogen) atoms. The molecule has 0 aliphatic carbocycles. The minimum Gasteiger partial charge on any atom is -0.494 e. The van der Waals surface area contributed by atoms with Crippen LogP contribution >= 0.6 is 0 Å². The molecule has 0 spiro atoms. The first kappa shape index (κ1) is 16.6. The first-order valence-electron chi connectivity index (χ1n) is 7.32. The number of likely N-dealkylation sites (N-methyl/N-ethyl adjacent to an activating group) is 1. The zero-order valence-electron chi connectivity index (χ0n) is 13.4. The van der Waals surface area contributed by atoms with Crippen LogP contribution in [0.25, 0.3) is 0 Å². The lowest BCUT2D eigenvalue weighted by Crippen LogP contribution is -2.57. The molecule has 2 atom stereocenters. The molecule has 0 radical (unpaired) electrons. The van der Waals surface area contributed by atoms with E-state index in [1.165, 1.54) is 0 Å². The summed E-state index contributed by atoms with van der Waals surface area (Å²) >= 11 is 0. The summed E-state index contributed by atoms with van der Waals surface area (Å²) < 4.78 is 11.4. The van der Waals surface area contributed by atoms with Crippen molar-refractivity contribution in [3.63, 3.8) is 0 Å². The van der Waals surface area contributed by atoms with E-state index in [-0.39, 0.29) is 6.54 Å². The number of fused-ring (bicyclic) bond motifs is 1. The fraction of sp³-hybridized carbons (Fsp3) is 0.562. The maximum Gasteiger partial charge on any atom is 0.317 e. The van der Waals surface area contributed by atoms with Crippen molar-refractivity contribution in [1.29, 1.82) is 0 Å². The second-order valence-corrected chi connectivity index (χ2v) is 6.04. The van der Waals surface area contributed by atoms with Gasteiger partial charge in [0.1, 0.15) is 23.2 Å². The fourth-order valence-corrected chi connectivity index (χ4v) is 3.08. The molecule has 0 saturated carbocycles. The van der Waals surface area contributed by atoms with Crippen LogP contribution in [0.1, 0.15) is 32.4 Å². The quantitative estimate of drug-likeness (QED) is 0.861. The lowest BCUT2D eigenvalue weighted by Gasteiger charge is -2.46. The van der Waals surface area contributed by atoms with Crippen molar-refractivity contribution >= 4 is 5.97 Å². The van der Waals surface area contributed by atoms with Gasteiger partial charge >= 0.3 is 5.97 Å². The third-order valence-corrected chi connectivity index (χ3v) is 3.85. The third-order valence-electron chi connectivity index (χ3n) is 3.85. The number of hydrogen-bond acceptors (Lipinski definition) is 5. The standard InChI is InChI=1S/C16H23NO5/c1-5-21-10-6-7-12-11(8-10)14(20)15(16(2,3)22-12)17(4)9-13(18)19/h6-8,14-15,20H,5,9H2,1-4H3,(H,18,19). The van der Waals surface area contributed by atoms with E-state index in [4.69, 9.17) is 14.6 Å². The van der Waals surface area contributed by atoms with Gasteiger partial charge in [-0.25, -0.2) is 0 Å². The summed E-state index contributed by atoms with van der Waals surface area (Å²) in [5, 5.41) is 19.8. The zero-order valence-corrected chi connectivity index (χ0v) is 13.4. The highest BCUT2D eigenvalue weighted by molar-refractivity contribution is 5.69. The van der Waals surface area contributed by atoms with Gasteiger partial charge in [0.25, 0.3) is 0 Å². The Labute approximate surface area is 130 Å². The van der Waals surface area contributed by atoms with E-state index < -0.39 is 23.7 Å². The van der Waals surface area contributed by atoms with E-state index in [9.17, 15) is 9.90 Å². The number of ether oxygens (including phenoxy) is 2. The Hall–Kier alpha value is -1.79. The van der Waals surface area contributed by atoms with Crippen LogP contribution in [0.2, 0.25) is 0 Å². The van der Waals surface area contributed by atoms with Crippen molar-refractivity contribution < 1.29 is 24.5 Å². The lowest BCUT2D eigenvalue weighted by molar-refractivity contribution is -0.142. The second-order valence-electron chi connectivity index (χ2n) is 6.04. The first-order valence-corrected chi connectivity index (χ1v) is 7.32. The van der Waals surface area contributed by atoms with Crippen molar-refractivity contribution in [3.8, 4) is 11.5 Å². The number of benzene rings is 1. The minimum absolute atomic E-state index is 0.172. The molecule has 0 bridgehead atoms. The number of nitrogens with zero attached hydrogens (tertiary/aromatic N) is 1. The SMILES string of the molecule is CCOc1ccc2c(c1)C(O)C(N(C)CC(=O)O)C(C)(C)O2. The van der Waals surface area contributed by atoms with E-state index >= 15 is 0 Å². The molecule has 0 saturated heterocycles. The minimum atomic E-state index is -0.945. The molecule has 1 aliphatic heterocycles. The molecule has 6 nitrogen and oxygen atoms in total. The molecule has 2 rings (SSSR count). The molecule has 2 N–H and O–H groups in total.